The minimum Gasteiger partial charge on any atom is -0.481 e. The van der Waals surface area contributed by atoms with Crippen molar-refractivity contribution in [3.63, 3.8) is 0 Å². The highest BCUT2D eigenvalue weighted by atomic mass is 16.4. The molecule has 2 aromatic rings. The van der Waals surface area contributed by atoms with E-state index >= 15 is 0 Å². The van der Waals surface area contributed by atoms with E-state index in [1.165, 1.54) is 0 Å². The lowest BCUT2D eigenvalue weighted by Gasteiger charge is -2.23. The number of hydrogen-bond acceptors (Lipinski definition) is 4. The number of nitrogens with zero attached hydrogens (tertiary/aromatic N) is 3. The number of fused-ring (bicyclic) bond motifs is 3. The minimum atomic E-state index is -0.796. The molecule has 4 rings (SSSR count). The van der Waals surface area contributed by atoms with E-state index in [2.05, 4.69) is 9.97 Å². The van der Waals surface area contributed by atoms with Gasteiger partial charge in [-0.15, -0.1) is 0 Å². The van der Waals surface area contributed by atoms with E-state index in [4.69, 9.17) is 0 Å². The summed E-state index contributed by atoms with van der Waals surface area (Å²) < 4.78 is 0. The molecule has 0 radical (unpaired) electrons. The molecule has 2 aliphatic rings. The van der Waals surface area contributed by atoms with Crippen molar-refractivity contribution in [2.45, 2.75) is 45.2 Å². The number of carbonyl (C=O) groups excluding carboxylic acids is 1. The second kappa shape index (κ2) is 5.26. The van der Waals surface area contributed by atoms with Crippen LogP contribution in [-0.4, -0.2) is 43.9 Å². The molecule has 3 unspecified atom stereocenters. The number of carboxylic acids is 1. The molecule has 1 amide bonds. The Balaban J connectivity index is 1.69. The molecule has 0 spiro atoms. The Morgan fingerprint density at radius 2 is 1.83 bits per heavy atom. The van der Waals surface area contributed by atoms with E-state index in [0.717, 1.165) is 29.7 Å². The van der Waals surface area contributed by atoms with Crippen LogP contribution >= 0.6 is 0 Å². The Kier molecular flexibility index (Phi) is 3.30. The zero-order valence-electron chi connectivity index (χ0n) is 13.7. The van der Waals surface area contributed by atoms with Gasteiger partial charge in [0.05, 0.1) is 28.3 Å². The van der Waals surface area contributed by atoms with Crippen molar-refractivity contribution < 1.29 is 14.7 Å². The van der Waals surface area contributed by atoms with Crippen LogP contribution in [0.15, 0.2) is 18.2 Å². The van der Waals surface area contributed by atoms with Gasteiger partial charge in [0.15, 0.2) is 0 Å². The largest absolute Gasteiger partial charge is 0.481 e. The van der Waals surface area contributed by atoms with Crippen LogP contribution < -0.4 is 0 Å². The van der Waals surface area contributed by atoms with E-state index in [1.807, 2.05) is 19.9 Å². The topological polar surface area (TPSA) is 83.4 Å². The Morgan fingerprint density at radius 1 is 1.12 bits per heavy atom. The molecule has 124 valence electrons. The zero-order valence-corrected chi connectivity index (χ0v) is 13.7. The van der Waals surface area contributed by atoms with Crippen LogP contribution in [0.3, 0.4) is 0 Å². The van der Waals surface area contributed by atoms with Crippen LogP contribution in [-0.2, 0) is 4.79 Å². The molecule has 1 aromatic heterocycles. The van der Waals surface area contributed by atoms with Crippen molar-refractivity contribution in [2.75, 3.05) is 0 Å². The summed E-state index contributed by atoms with van der Waals surface area (Å²) in [6.45, 7) is 3.81. The number of carbonyl (C=O) groups is 2. The Bertz CT molecular complexity index is 864. The van der Waals surface area contributed by atoms with Crippen LogP contribution in [0.2, 0.25) is 0 Å². The normalized spacial score (nSPS) is 25.4. The van der Waals surface area contributed by atoms with Crippen LogP contribution in [0.4, 0.5) is 0 Å². The fourth-order valence-corrected chi connectivity index (χ4v) is 4.08. The first kappa shape index (κ1) is 15.1. The third kappa shape index (κ3) is 2.17. The monoisotopic (exact) mass is 325 g/mol. The number of carboxylic acid groups (broad SMARTS) is 1. The van der Waals surface area contributed by atoms with Crippen molar-refractivity contribution in [1.82, 2.24) is 14.9 Å². The number of rotatable bonds is 2. The molecule has 6 heteroatoms. The lowest BCUT2D eigenvalue weighted by Crippen LogP contribution is -2.37. The van der Waals surface area contributed by atoms with Gasteiger partial charge in [-0.1, -0.05) is 0 Å². The molecule has 2 bridgehead atoms. The maximum atomic E-state index is 13.0. The molecule has 3 heterocycles. The lowest BCUT2D eigenvalue weighted by atomic mass is 9.89. The standard InChI is InChI=1S/C18H19N3O3/c1-9-10(2)20-15-7-11(3-5-14(15)19-9)17(22)21-12-4-6-16(21)13(8-12)18(23)24/h3,5,7,12-13,16H,4,6,8H2,1-2H3,(H,23,24). The van der Waals surface area contributed by atoms with E-state index in [1.54, 1.807) is 17.0 Å². The van der Waals surface area contributed by atoms with Crippen molar-refractivity contribution >= 4 is 22.9 Å². The van der Waals surface area contributed by atoms with E-state index in [0.29, 0.717) is 17.5 Å². The summed E-state index contributed by atoms with van der Waals surface area (Å²) in [4.78, 5) is 35.1. The average molecular weight is 325 g/mol. The number of benzene rings is 1. The Hall–Kier alpha value is -2.50. The van der Waals surface area contributed by atoms with Crippen molar-refractivity contribution in [3.8, 4) is 0 Å². The van der Waals surface area contributed by atoms with Crippen molar-refractivity contribution in [1.29, 1.82) is 0 Å². The highest BCUT2D eigenvalue weighted by Gasteiger charge is 2.51. The van der Waals surface area contributed by atoms with Gasteiger partial charge in [0, 0.05) is 17.6 Å². The van der Waals surface area contributed by atoms with E-state index in [-0.39, 0.29) is 18.0 Å². The highest BCUT2D eigenvalue weighted by molar-refractivity contribution is 5.98. The SMILES string of the molecule is Cc1nc2ccc(C(=O)N3C4CCC3C(C(=O)O)C4)cc2nc1C. The third-order valence-corrected chi connectivity index (χ3v) is 5.41. The molecule has 2 fully saturated rings. The van der Waals surface area contributed by atoms with Crippen LogP contribution in [0.5, 0.6) is 0 Å². The van der Waals surface area contributed by atoms with Gasteiger partial charge in [-0.3, -0.25) is 9.59 Å². The molecular formula is C18H19N3O3. The van der Waals surface area contributed by atoms with Gasteiger partial charge in [-0.2, -0.15) is 0 Å². The number of aryl methyl sites for hydroxylation is 2. The number of amides is 1. The minimum absolute atomic E-state index is 0.0464. The molecule has 0 saturated carbocycles. The number of aliphatic carboxylic acids is 1. The maximum absolute atomic E-state index is 13.0. The van der Waals surface area contributed by atoms with Crippen molar-refractivity contribution in [3.05, 3.63) is 35.2 Å². The second-order valence-corrected chi connectivity index (χ2v) is 6.79. The fourth-order valence-electron chi connectivity index (χ4n) is 4.08. The van der Waals surface area contributed by atoms with Crippen molar-refractivity contribution in [2.24, 2.45) is 5.92 Å². The lowest BCUT2D eigenvalue weighted by molar-refractivity contribution is -0.142. The first-order valence-electron chi connectivity index (χ1n) is 8.26. The highest BCUT2D eigenvalue weighted by Crippen LogP contribution is 2.42. The molecule has 0 aliphatic carbocycles. The van der Waals surface area contributed by atoms with Gasteiger partial charge in [-0.05, 0) is 51.3 Å². The first-order chi connectivity index (χ1) is 11.5. The molecule has 2 saturated heterocycles. The molecule has 2 aliphatic heterocycles. The molecule has 1 N–H and O–H groups in total. The molecule has 3 atom stereocenters. The summed E-state index contributed by atoms with van der Waals surface area (Å²) in [7, 11) is 0. The fraction of sp³-hybridized carbons (Fsp3) is 0.444. The second-order valence-electron chi connectivity index (χ2n) is 6.79. The summed E-state index contributed by atoms with van der Waals surface area (Å²) >= 11 is 0. The molecule has 1 aromatic carbocycles. The van der Waals surface area contributed by atoms with Gasteiger partial charge >= 0.3 is 5.97 Å². The van der Waals surface area contributed by atoms with Crippen LogP contribution in [0, 0.1) is 19.8 Å². The van der Waals surface area contributed by atoms with Gasteiger partial charge in [0.25, 0.3) is 5.91 Å². The molecule has 6 nitrogen and oxygen atoms in total. The number of aromatic nitrogens is 2. The third-order valence-electron chi connectivity index (χ3n) is 5.41. The predicted octanol–water partition coefficient (Wildman–Crippen LogP) is 2.32. The van der Waals surface area contributed by atoms with Crippen LogP contribution in [0.1, 0.15) is 41.0 Å². The number of hydrogen-bond donors (Lipinski definition) is 1. The van der Waals surface area contributed by atoms with E-state index in [9.17, 15) is 14.7 Å². The van der Waals surface area contributed by atoms with Gasteiger partial charge < -0.3 is 10.0 Å². The summed E-state index contributed by atoms with van der Waals surface area (Å²) in [5.74, 6) is -1.32. The first-order valence-corrected chi connectivity index (χ1v) is 8.26. The molecular weight excluding hydrogens is 306 g/mol. The Morgan fingerprint density at radius 3 is 2.50 bits per heavy atom. The van der Waals surface area contributed by atoms with Gasteiger partial charge in [0.2, 0.25) is 0 Å². The zero-order chi connectivity index (χ0) is 17.0. The maximum Gasteiger partial charge on any atom is 0.308 e. The Labute approximate surface area is 139 Å². The smallest absolute Gasteiger partial charge is 0.308 e. The summed E-state index contributed by atoms with van der Waals surface area (Å²) in [6, 6.07) is 5.22. The van der Waals surface area contributed by atoms with Gasteiger partial charge in [-0.25, -0.2) is 9.97 Å². The summed E-state index contributed by atoms with van der Waals surface area (Å²) in [5, 5.41) is 9.35. The van der Waals surface area contributed by atoms with Crippen LogP contribution in [0.25, 0.3) is 11.0 Å². The quantitative estimate of drug-likeness (QED) is 0.916. The average Bonchev–Trinajstić information content (AvgIpc) is 3.13. The molecule has 24 heavy (non-hydrogen) atoms. The van der Waals surface area contributed by atoms with E-state index < -0.39 is 11.9 Å². The van der Waals surface area contributed by atoms with Gasteiger partial charge in [0.1, 0.15) is 0 Å². The summed E-state index contributed by atoms with van der Waals surface area (Å²) in [5.41, 5.74) is 3.75. The predicted molar refractivity (Wildman–Crippen MR) is 87.7 cm³/mol. The summed E-state index contributed by atoms with van der Waals surface area (Å²) in [6.07, 6.45) is 2.24.